The van der Waals surface area contributed by atoms with E-state index in [1.165, 1.54) is 0 Å². The number of aliphatic carboxylic acids is 1. The van der Waals surface area contributed by atoms with Crippen molar-refractivity contribution in [2.45, 2.75) is 45.2 Å². The van der Waals surface area contributed by atoms with Crippen LogP contribution in [0.3, 0.4) is 0 Å². The minimum absolute atomic E-state index is 0.137. The molecule has 6 heteroatoms. The van der Waals surface area contributed by atoms with E-state index in [-0.39, 0.29) is 6.04 Å². The minimum atomic E-state index is -1.02. The minimum Gasteiger partial charge on any atom is -0.480 e. The molecule has 2 atom stereocenters. The van der Waals surface area contributed by atoms with Gasteiger partial charge in [0.25, 0.3) is 0 Å². The molecule has 19 heavy (non-hydrogen) atoms. The van der Waals surface area contributed by atoms with Gasteiger partial charge in [-0.2, -0.15) is 0 Å². The van der Waals surface area contributed by atoms with Crippen LogP contribution in [0, 0.1) is 0 Å². The van der Waals surface area contributed by atoms with E-state index in [2.05, 4.69) is 10.6 Å². The summed E-state index contributed by atoms with van der Waals surface area (Å²) >= 11 is 0. The van der Waals surface area contributed by atoms with Gasteiger partial charge in [0.2, 0.25) is 0 Å². The highest BCUT2D eigenvalue weighted by Crippen LogP contribution is 2.04. The molecule has 0 bridgehead atoms. The average molecular weight is 268 g/mol. The number of carbonyl (C=O) groups is 2. The molecule has 6 nitrogen and oxygen atoms in total. The van der Waals surface area contributed by atoms with E-state index in [4.69, 9.17) is 9.52 Å². The molecule has 1 rings (SSSR count). The second kappa shape index (κ2) is 7.45. The van der Waals surface area contributed by atoms with Crippen LogP contribution in [0.15, 0.2) is 22.8 Å². The number of rotatable bonds is 7. The zero-order chi connectivity index (χ0) is 14.3. The maximum atomic E-state index is 11.7. The molecule has 106 valence electrons. The Hall–Kier alpha value is -1.98. The number of carbonyl (C=O) groups excluding carboxylic acids is 1. The zero-order valence-corrected chi connectivity index (χ0v) is 11.2. The van der Waals surface area contributed by atoms with Crippen molar-refractivity contribution in [3.63, 3.8) is 0 Å². The van der Waals surface area contributed by atoms with E-state index in [0.29, 0.717) is 19.3 Å². The normalized spacial score (nSPS) is 13.6. The van der Waals surface area contributed by atoms with Gasteiger partial charge < -0.3 is 20.2 Å². The van der Waals surface area contributed by atoms with Crippen molar-refractivity contribution in [2.75, 3.05) is 0 Å². The van der Waals surface area contributed by atoms with Crippen LogP contribution >= 0.6 is 0 Å². The quantitative estimate of drug-likeness (QED) is 0.702. The van der Waals surface area contributed by atoms with Gasteiger partial charge in [-0.25, -0.2) is 9.59 Å². The molecule has 3 N–H and O–H groups in total. The fraction of sp³-hybridized carbons (Fsp3) is 0.538. The first-order valence-electron chi connectivity index (χ1n) is 6.35. The molecule has 1 heterocycles. The van der Waals surface area contributed by atoms with Crippen LogP contribution in [0.4, 0.5) is 4.79 Å². The third-order valence-corrected chi connectivity index (χ3v) is 2.65. The maximum Gasteiger partial charge on any atom is 0.326 e. The lowest BCUT2D eigenvalue weighted by Gasteiger charge is -2.17. The monoisotopic (exact) mass is 268 g/mol. The molecule has 0 spiro atoms. The largest absolute Gasteiger partial charge is 0.480 e. The van der Waals surface area contributed by atoms with Gasteiger partial charge in [0.1, 0.15) is 11.8 Å². The molecule has 0 radical (unpaired) electrons. The van der Waals surface area contributed by atoms with Crippen LogP contribution < -0.4 is 10.6 Å². The third kappa shape index (κ3) is 5.46. The van der Waals surface area contributed by atoms with Gasteiger partial charge in [0, 0.05) is 12.5 Å². The van der Waals surface area contributed by atoms with Crippen LogP contribution in [0.25, 0.3) is 0 Å². The first-order chi connectivity index (χ1) is 9.02. The predicted octanol–water partition coefficient (Wildman–Crippen LogP) is 1.76. The Bertz CT molecular complexity index is 403. The summed E-state index contributed by atoms with van der Waals surface area (Å²) in [6, 6.07) is 2.15. The summed E-state index contributed by atoms with van der Waals surface area (Å²) in [4.78, 5) is 22.6. The molecule has 0 aliphatic carbocycles. The van der Waals surface area contributed by atoms with Gasteiger partial charge in [-0.3, -0.25) is 0 Å². The van der Waals surface area contributed by atoms with Crippen molar-refractivity contribution >= 4 is 12.0 Å². The molecule has 0 aliphatic rings. The molecular formula is C13H20N2O4. The van der Waals surface area contributed by atoms with E-state index in [1.54, 1.807) is 12.3 Å². The standard InChI is InChI=1S/C13H20N2O4/c1-3-5-11(12(16)17)15-13(18)14-9(2)8-10-6-4-7-19-10/h4,6-7,9,11H,3,5,8H2,1-2H3,(H,16,17)(H2,14,15,18). The van der Waals surface area contributed by atoms with Crippen LogP contribution in [-0.2, 0) is 11.2 Å². The molecule has 1 aromatic heterocycles. The van der Waals surface area contributed by atoms with Crippen molar-refractivity contribution < 1.29 is 19.1 Å². The number of hydrogen-bond donors (Lipinski definition) is 3. The summed E-state index contributed by atoms with van der Waals surface area (Å²) in [6.07, 6.45) is 3.24. The Morgan fingerprint density at radius 2 is 2.16 bits per heavy atom. The Labute approximate surface area is 112 Å². The first-order valence-corrected chi connectivity index (χ1v) is 6.35. The lowest BCUT2D eigenvalue weighted by molar-refractivity contribution is -0.139. The summed E-state index contributed by atoms with van der Waals surface area (Å²) in [7, 11) is 0. The van der Waals surface area contributed by atoms with Crippen LogP contribution in [0.2, 0.25) is 0 Å². The van der Waals surface area contributed by atoms with E-state index in [0.717, 1.165) is 5.76 Å². The van der Waals surface area contributed by atoms with Crippen molar-refractivity contribution in [1.82, 2.24) is 10.6 Å². The van der Waals surface area contributed by atoms with Gasteiger partial charge >= 0.3 is 12.0 Å². The Kier molecular flexibility index (Phi) is 5.92. The highest BCUT2D eigenvalue weighted by molar-refractivity contribution is 5.82. The summed E-state index contributed by atoms with van der Waals surface area (Å²) in [5.41, 5.74) is 0. The predicted molar refractivity (Wildman–Crippen MR) is 69.9 cm³/mol. The SMILES string of the molecule is CCCC(NC(=O)NC(C)Cc1ccco1)C(=O)O. The number of furan rings is 1. The molecule has 0 saturated heterocycles. The van der Waals surface area contributed by atoms with E-state index in [1.807, 2.05) is 19.9 Å². The lowest BCUT2D eigenvalue weighted by atomic mass is 10.1. The number of carboxylic acid groups (broad SMARTS) is 1. The van der Waals surface area contributed by atoms with Crippen LogP contribution in [-0.4, -0.2) is 29.2 Å². The number of nitrogens with one attached hydrogen (secondary N) is 2. The van der Waals surface area contributed by atoms with E-state index < -0.39 is 18.0 Å². The van der Waals surface area contributed by atoms with Gasteiger partial charge in [0.05, 0.1) is 6.26 Å². The summed E-state index contributed by atoms with van der Waals surface area (Å²) < 4.78 is 5.18. The third-order valence-electron chi connectivity index (χ3n) is 2.65. The topological polar surface area (TPSA) is 91.6 Å². The highest BCUT2D eigenvalue weighted by Gasteiger charge is 2.19. The van der Waals surface area contributed by atoms with E-state index >= 15 is 0 Å². The van der Waals surface area contributed by atoms with Crippen molar-refractivity contribution in [2.24, 2.45) is 0 Å². The number of urea groups is 1. The molecule has 0 aromatic carbocycles. The lowest BCUT2D eigenvalue weighted by Crippen LogP contribution is -2.48. The molecule has 2 amide bonds. The maximum absolute atomic E-state index is 11.7. The van der Waals surface area contributed by atoms with Gasteiger partial charge in [0.15, 0.2) is 0 Å². The van der Waals surface area contributed by atoms with Crippen molar-refractivity contribution in [3.8, 4) is 0 Å². The smallest absolute Gasteiger partial charge is 0.326 e. The summed E-state index contributed by atoms with van der Waals surface area (Å²) in [6.45, 7) is 3.70. The van der Waals surface area contributed by atoms with Crippen molar-refractivity contribution in [3.05, 3.63) is 24.2 Å². The fourth-order valence-electron chi connectivity index (χ4n) is 1.75. The first kappa shape index (κ1) is 15.1. The highest BCUT2D eigenvalue weighted by atomic mass is 16.4. The Morgan fingerprint density at radius 3 is 2.68 bits per heavy atom. The molecule has 2 unspecified atom stereocenters. The van der Waals surface area contributed by atoms with Crippen LogP contribution in [0.5, 0.6) is 0 Å². The Balaban J connectivity index is 2.38. The fourth-order valence-corrected chi connectivity index (χ4v) is 1.75. The molecule has 0 aliphatic heterocycles. The van der Waals surface area contributed by atoms with Crippen molar-refractivity contribution in [1.29, 1.82) is 0 Å². The number of hydrogen-bond acceptors (Lipinski definition) is 3. The van der Waals surface area contributed by atoms with Gasteiger partial charge in [-0.05, 0) is 25.5 Å². The summed E-state index contributed by atoms with van der Waals surface area (Å²) in [5.74, 6) is -0.244. The molecule has 0 fully saturated rings. The number of carboxylic acids is 1. The molecule has 0 saturated carbocycles. The Morgan fingerprint density at radius 1 is 1.42 bits per heavy atom. The number of amides is 2. The van der Waals surface area contributed by atoms with Crippen LogP contribution in [0.1, 0.15) is 32.4 Å². The zero-order valence-electron chi connectivity index (χ0n) is 11.2. The van der Waals surface area contributed by atoms with E-state index in [9.17, 15) is 9.59 Å². The van der Waals surface area contributed by atoms with Gasteiger partial charge in [-0.15, -0.1) is 0 Å². The molecule has 1 aromatic rings. The van der Waals surface area contributed by atoms with Gasteiger partial charge in [-0.1, -0.05) is 13.3 Å². The second-order valence-corrected chi connectivity index (χ2v) is 4.48. The molecular weight excluding hydrogens is 248 g/mol. The second-order valence-electron chi connectivity index (χ2n) is 4.48. The summed E-state index contributed by atoms with van der Waals surface area (Å²) in [5, 5.41) is 14.1. The average Bonchev–Trinajstić information content (AvgIpc) is 2.80.